The van der Waals surface area contributed by atoms with Gasteiger partial charge in [-0.3, -0.25) is 10.2 Å². The van der Waals surface area contributed by atoms with Gasteiger partial charge in [-0.25, -0.2) is 0 Å². The lowest BCUT2D eigenvalue weighted by Gasteiger charge is -2.39. The van der Waals surface area contributed by atoms with Crippen molar-refractivity contribution in [2.45, 2.75) is 38.7 Å². The summed E-state index contributed by atoms with van der Waals surface area (Å²) in [5, 5.41) is 17.3. The van der Waals surface area contributed by atoms with Crippen molar-refractivity contribution in [1.82, 2.24) is 4.90 Å². The van der Waals surface area contributed by atoms with E-state index in [2.05, 4.69) is 6.07 Å². The van der Waals surface area contributed by atoms with Gasteiger partial charge in [0.25, 0.3) is 5.91 Å². The number of nitrogens with two attached hydrogens (primary N) is 1. The molecule has 2 aliphatic heterocycles. The number of ether oxygens (including phenoxy) is 2. The predicted molar refractivity (Wildman–Crippen MR) is 130 cm³/mol. The number of amides is 1. The van der Waals surface area contributed by atoms with Crippen LogP contribution in [0.4, 0.5) is 0 Å². The van der Waals surface area contributed by atoms with Crippen molar-refractivity contribution in [3.05, 3.63) is 75.9 Å². The smallest absolute Gasteiger partial charge is 0.253 e. The maximum absolute atomic E-state index is 13.1. The molecule has 0 bridgehead atoms. The van der Waals surface area contributed by atoms with Gasteiger partial charge in [-0.2, -0.15) is 5.26 Å². The summed E-state index contributed by atoms with van der Waals surface area (Å²) >= 11 is 0. The molecule has 2 aromatic rings. The Kier molecular flexibility index (Phi) is 6.99. The second kappa shape index (κ2) is 10.1. The zero-order valence-electron chi connectivity index (χ0n) is 19.6. The summed E-state index contributed by atoms with van der Waals surface area (Å²) in [4.78, 5) is 14.9. The number of hydrogen-bond donors (Lipinski definition) is 2. The molecule has 0 aliphatic carbocycles. The third-order valence-corrected chi connectivity index (χ3v) is 6.65. The fourth-order valence-corrected chi connectivity index (χ4v) is 4.29. The topological polar surface area (TPSA) is 112 Å². The van der Waals surface area contributed by atoms with Crippen LogP contribution < -0.4 is 5.73 Å². The van der Waals surface area contributed by atoms with E-state index in [0.717, 1.165) is 29.5 Å². The summed E-state index contributed by atoms with van der Waals surface area (Å²) in [6.07, 6.45) is 1.49. The molecular formula is C27H30N4O3. The van der Waals surface area contributed by atoms with Gasteiger partial charge < -0.3 is 20.1 Å². The fourth-order valence-electron chi connectivity index (χ4n) is 4.29. The largest absolute Gasteiger partial charge is 0.474 e. The molecule has 2 aliphatic rings. The molecule has 0 radical (unpaired) electrons. The molecule has 2 fully saturated rings. The molecule has 0 unspecified atom stereocenters. The molecule has 2 aromatic carbocycles. The Morgan fingerprint density at radius 2 is 1.85 bits per heavy atom. The molecule has 176 valence electrons. The summed E-state index contributed by atoms with van der Waals surface area (Å²) in [6, 6.07) is 15.2. The number of carbonyl (C=O) groups excluding carboxylic acids is 1. The minimum Gasteiger partial charge on any atom is -0.474 e. The number of carbonyl (C=O) groups is 1. The van der Waals surface area contributed by atoms with Gasteiger partial charge in [0.1, 0.15) is 6.10 Å². The van der Waals surface area contributed by atoms with Crippen LogP contribution in [0.5, 0.6) is 0 Å². The third-order valence-electron chi connectivity index (χ3n) is 6.65. The van der Waals surface area contributed by atoms with Crippen molar-refractivity contribution in [1.29, 1.82) is 10.7 Å². The first-order valence-corrected chi connectivity index (χ1v) is 11.6. The van der Waals surface area contributed by atoms with Gasteiger partial charge >= 0.3 is 0 Å². The number of nitrogens with one attached hydrogen (secondary N) is 1. The van der Waals surface area contributed by atoms with Crippen LogP contribution in [-0.2, 0) is 9.47 Å². The average Bonchev–Trinajstić information content (AvgIpc) is 2.83. The maximum Gasteiger partial charge on any atom is 0.253 e. The van der Waals surface area contributed by atoms with Gasteiger partial charge in [0.05, 0.1) is 24.8 Å². The average molecular weight is 459 g/mol. The molecule has 2 saturated heterocycles. The highest BCUT2D eigenvalue weighted by atomic mass is 16.5. The Bertz CT molecular complexity index is 1150. The van der Waals surface area contributed by atoms with Crippen molar-refractivity contribution in [2.24, 2.45) is 5.73 Å². The standard InChI is InChI=1S/C27H30N4O3/c1-17-3-6-21(27(32)31-15-22(16-31)20-7-4-19(14-28)5-8-20)13-24(17)25(29)18(2)26(30)34-23-9-11-33-12-10-23/h3-8,13,22-23,30H,9-12,15-16,29H2,1-2H3/b25-18-,30-26?. The van der Waals surface area contributed by atoms with Gasteiger partial charge in [-0.15, -0.1) is 0 Å². The minimum absolute atomic E-state index is 0.0338. The highest BCUT2D eigenvalue weighted by Crippen LogP contribution is 2.29. The predicted octanol–water partition coefficient (Wildman–Crippen LogP) is 3.97. The number of rotatable bonds is 5. The van der Waals surface area contributed by atoms with E-state index in [9.17, 15) is 4.79 Å². The van der Waals surface area contributed by atoms with E-state index in [4.69, 9.17) is 25.9 Å². The summed E-state index contributed by atoms with van der Waals surface area (Å²) in [5.41, 5.74) is 11.5. The monoisotopic (exact) mass is 458 g/mol. The molecule has 0 spiro atoms. The Balaban J connectivity index is 1.44. The van der Waals surface area contributed by atoms with E-state index in [1.807, 2.05) is 54.3 Å². The molecule has 0 aromatic heterocycles. The second-order valence-electron chi connectivity index (χ2n) is 8.97. The van der Waals surface area contributed by atoms with Gasteiger partial charge in [0.2, 0.25) is 5.90 Å². The van der Waals surface area contributed by atoms with E-state index < -0.39 is 0 Å². The van der Waals surface area contributed by atoms with Crippen LogP contribution in [0, 0.1) is 23.7 Å². The van der Waals surface area contributed by atoms with Gasteiger partial charge in [-0.1, -0.05) is 18.2 Å². The molecule has 0 saturated carbocycles. The van der Waals surface area contributed by atoms with E-state index in [-0.39, 0.29) is 23.8 Å². The van der Waals surface area contributed by atoms with E-state index in [1.165, 1.54) is 0 Å². The number of nitriles is 1. The highest BCUT2D eigenvalue weighted by molar-refractivity contribution is 6.00. The van der Waals surface area contributed by atoms with E-state index in [1.54, 1.807) is 6.92 Å². The van der Waals surface area contributed by atoms with Crippen molar-refractivity contribution in [3.8, 4) is 6.07 Å². The number of likely N-dealkylation sites (tertiary alicyclic amines) is 1. The second-order valence-corrected chi connectivity index (χ2v) is 8.97. The van der Waals surface area contributed by atoms with Crippen LogP contribution >= 0.6 is 0 Å². The normalized spacial score (nSPS) is 17.4. The van der Waals surface area contributed by atoms with Crippen LogP contribution in [0.15, 0.2) is 48.0 Å². The van der Waals surface area contributed by atoms with E-state index in [0.29, 0.717) is 48.7 Å². The summed E-state index contributed by atoms with van der Waals surface area (Å²) in [7, 11) is 0. The quantitative estimate of drug-likeness (QED) is 0.520. The van der Waals surface area contributed by atoms with Gasteiger partial charge in [0, 0.05) is 54.2 Å². The van der Waals surface area contributed by atoms with Gasteiger partial charge in [0.15, 0.2) is 0 Å². The van der Waals surface area contributed by atoms with Gasteiger partial charge in [-0.05, 0) is 49.2 Å². The maximum atomic E-state index is 13.1. The molecule has 0 atom stereocenters. The summed E-state index contributed by atoms with van der Waals surface area (Å²) in [6.45, 7) is 6.29. The van der Waals surface area contributed by atoms with Crippen molar-refractivity contribution < 1.29 is 14.3 Å². The van der Waals surface area contributed by atoms with Crippen LogP contribution in [0.3, 0.4) is 0 Å². The Labute approximate surface area is 200 Å². The fraction of sp³-hybridized carbons (Fsp3) is 0.370. The Morgan fingerprint density at radius 1 is 1.18 bits per heavy atom. The zero-order valence-corrected chi connectivity index (χ0v) is 19.6. The highest BCUT2D eigenvalue weighted by Gasteiger charge is 2.32. The number of benzene rings is 2. The number of hydrogen-bond acceptors (Lipinski definition) is 6. The van der Waals surface area contributed by atoms with Crippen molar-refractivity contribution in [2.75, 3.05) is 26.3 Å². The first-order chi connectivity index (χ1) is 16.4. The van der Waals surface area contributed by atoms with Crippen LogP contribution in [0.25, 0.3) is 5.70 Å². The molecule has 4 rings (SSSR count). The van der Waals surface area contributed by atoms with E-state index >= 15 is 0 Å². The first-order valence-electron chi connectivity index (χ1n) is 11.6. The lowest BCUT2D eigenvalue weighted by atomic mass is 9.90. The SMILES string of the molecule is C/C(C(=N)OC1CCOCC1)=C(/N)c1cc(C(=O)N2CC(c3ccc(C#N)cc3)C2)ccc1C. The zero-order chi connectivity index (χ0) is 24.2. The molecule has 1 amide bonds. The molecule has 7 nitrogen and oxygen atoms in total. The van der Waals surface area contributed by atoms with Crippen LogP contribution in [-0.4, -0.2) is 49.1 Å². The molecule has 2 heterocycles. The lowest BCUT2D eigenvalue weighted by molar-refractivity contribution is 0.0201. The molecule has 34 heavy (non-hydrogen) atoms. The molecule has 3 N–H and O–H groups in total. The van der Waals surface area contributed by atoms with Crippen molar-refractivity contribution in [3.63, 3.8) is 0 Å². The molecule has 7 heteroatoms. The van der Waals surface area contributed by atoms with Crippen LogP contribution in [0.1, 0.15) is 58.3 Å². The lowest BCUT2D eigenvalue weighted by Crippen LogP contribution is -2.48. The first kappa shape index (κ1) is 23.5. The Morgan fingerprint density at radius 3 is 2.50 bits per heavy atom. The van der Waals surface area contributed by atoms with Crippen molar-refractivity contribution >= 4 is 17.5 Å². The minimum atomic E-state index is -0.0369. The molecular weight excluding hydrogens is 428 g/mol. The number of aryl methyl sites for hydroxylation is 1. The number of nitrogens with zero attached hydrogens (tertiary/aromatic N) is 2. The Hall–Kier alpha value is -3.63. The third kappa shape index (κ3) is 4.97. The summed E-state index contributed by atoms with van der Waals surface area (Å²) < 4.78 is 11.2. The van der Waals surface area contributed by atoms with Crippen LogP contribution in [0.2, 0.25) is 0 Å². The summed E-state index contributed by atoms with van der Waals surface area (Å²) in [5.74, 6) is 0.301.